The first-order valence-electron chi connectivity index (χ1n) is 8.07. The second-order valence-corrected chi connectivity index (χ2v) is 6.76. The van der Waals surface area contributed by atoms with E-state index in [1.54, 1.807) is 0 Å². The van der Waals surface area contributed by atoms with E-state index in [4.69, 9.17) is 0 Å². The second-order valence-electron chi connectivity index (χ2n) is 6.76. The molecule has 0 aromatic heterocycles. The Balaban J connectivity index is 1.56. The van der Waals surface area contributed by atoms with E-state index < -0.39 is 0 Å². The molecule has 3 fully saturated rings. The molecule has 2 bridgehead atoms. The Bertz CT molecular complexity index is 308. The minimum atomic E-state index is 0.460. The largest absolute Gasteiger partial charge is 0.340 e. The molecule has 0 N–H and O–H groups in total. The number of fused-ring (bicyclic) bond motifs is 2. The molecule has 0 aromatic rings. The number of carbonyl (C=O) groups excluding carboxylic acids is 1. The highest BCUT2D eigenvalue weighted by atomic mass is 16.2. The molecule has 3 saturated carbocycles. The van der Waals surface area contributed by atoms with E-state index in [2.05, 4.69) is 11.8 Å². The molecular formula is C16H27NO. The molecule has 2 nitrogen and oxygen atoms in total. The summed E-state index contributed by atoms with van der Waals surface area (Å²) in [6.45, 7) is 3.07. The standard InChI is InChI=1S/C16H27NO/c1-2-17(15-5-3-4-6-15)16(18)11-14-10-12-7-8-13(14)9-12/h12-15H,2-11H2,1H3. The van der Waals surface area contributed by atoms with Gasteiger partial charge in [0.2, 0.25) is 5.91 Å². The van der Waals surface area contributed by atoms with Crippen molar-refractivity contribution in [3.63, 3.8) is 0 Å². The first kappa shape index (κ1) is 12.5. The Morgan fingerprint density at radius 2 is 1.89 bits per heavy atom. The van der Waals surface area contributed by atoms with E-state index in [-0.39, 0.29) is 0 Å². The van der Waals surface area contributed by atoms with Gasteiger partial charge in [0.25, 0.3) is 0 Å². The highest BCUT2D eigenvalue weighted by molar-refractivity contribution is 5.77. The fourth-order valence-electron chi connectivity index (χ4n) is 4.82. The molecule has 3 rings (SSSR count). The lowest BCUT2D eigenvalue weighted by atomic mass is 9.86. The fraction of sp³-hybridized carbons (Fsp3) is 0.938. The predicted molar refractivity (Wildman–Crippen MR) is 73.2 cm³/mol. The molecule has 102 valence electrons. The van der Waals surface area contributed by atoms with Crippen LogP contribution < -0.4 is 0 Å². The third-order valence-corrected chi connectivity index (χ3v) is 5.75. The van der Waals surface area contributed by atoms with E-state index in [0.717, 1.165) is 30.7 Å². The lowest BCUT2D eigenvalue weighted by molar-refractivity contribution is -0.134. The summed E-state index contributed by atoms with van der Waals surface area (Å²) >= 11 is 0. The van der Waals surface area contributed by atoms with Crippen molar-refractivity contribution < 1.29 is 4.79 Å². The molecule has 3 unspecified atom stereocenters. The molecule has 18 heavy (non-hydrogen) atoms. The molecule has 0 aromatic carbocycles. The fourth-order valence-corrected chi connectivity index (χ4v) is 4.82. The summed E-state index contributed by atoms with van der Waals surface area (Å²) in [5.74, 6) is 3.05. The number of carbonyl (C=O) groups is 1. The molecule has 0 heterocycles. The average molecular weight is 249 g/mol. The van der Waals surface area contributed by atoms with Crippen LogP contribution in [-0.4, -0.2) is 23.4 Å². The molecule has 0 saturated heterocycles. The first-order valence-corrected chi connectivity index (χ1v) is 8.07. The summed E-state index contributed by atoms with van der Waals surface area (Å²) in [4.78, 5) is 14.7. The van der Waals surface area contributed by atoms with Gasteiger partial charge in [-0.2, -0.15) is 0 Å². The summed E-state index contributed by atoms with van der Waals surface area (Å²) in [7, 11) is 0. The Morgan fingerprint density at radius 1 is 1.11 bits per heavy atom. The summed E-state index contributed by atoms with van der Waals surface area (Å²) in [6.07, 6.45) is 11.6. The molecule has 0 aliphatic heterocycles. The van der Waals surface area contributed by atoms with Crippen molar-refractivity contribution in [1.82, 2.24) is 4.90 Å². The Morgan fingerprint density at radius 3 is 2.44 bits per heavy atom. The van der Waals surface area contributed by atoms with E-state index in [1.807, 2.05) is 0 Å². The Labute approximate surface area is 111 Å². The first-order chi connectivity index (χ1) is 8.78. The zero-order chi connectivity index (χ0) is 12.5. The van der Waals surface area contributed by atoms with Crippen molar-refractivity contribution in [2.45, 2.75) is 70.8 Å². The van der Waals surface area contributed by atoms with Crippen molar-refractivity contribution in [2.24, 2.45) is 17.8 Å². The van der Waals surface area contributed by atoms with Gasteiger partial charge in [-0.05, 0) is 56.8 Å². The van der Waals surface area contributed by atoms with E-state index in [1.165, 1.54) is 51.4 Å². The van der Waals surface area contributed by atoms with Crippen LogP contribution in [0.5, 0.6) is 0 Å². The van der Waals surface area contributed by atoms with Gasteiger partial charge >= 0.3 is 0 Å². The predicted octanol–water partition coefficient (Wildman–Crippen LogP) is 3.60. The van der Waals surface area contributed by atoms with Crippen LogP contribution in [-0.2, 0) is 4.79 Å². The molecule has 1 amide bonds. The zero-order valence-electron chi connectivity index (χ0n) is 11.7. The quantitative estimate of drug-likeness (QED) is 0.745. The van der Waals surface area contributed by atoms with Gasteiger partial charge in [0.1, 0.15) is 0 Å². The molecule has 3 aliphatic carbocycles. The van der Waals surface area contributed by atoms with Crippen molar-refractivity contribution in [3.8, 4) is 0 Å². The lowest BCUT2D eigenvalue weighted by Crippen LogP contribution is -2.39. The number of hydrogen-bond donors (Lipinski definition) is 0. The summed E-state index contributed by atoms with van der Waals surface area (Å²) < 4.78 is 0. The molecular weight excluding hydrogens is 222 g/mol. The van der Waals surface area contributed by atoms with Gasteiger partial charge in [0.15, 0.2) is 0 Å². The van der Waals surface area contributed by atoms with E-state index >= 15 is 0 Å². The second kappa shape index (κ2) is 5.22. The van der Waals surface area contributed by atoms with E-state index in [9.17, 15) is 4.79 Å². The number of amides is 1. The van der Waals surface area contributed by atoms with E-state index in [0.29, 0.717) is 11.9 Å². The summed E-state index contributed by atoms with van der Waals surface area (Å²) in [5, 5.41) is 0. The van der Waals surface area contributed by atoms with Crippen LogP contribution in [0.3, 0.4) is 0 Å². The van der Waals surface area contributed by atoms with Gasteiger partial charge in [-0.25, -0.2) is 0 Å². The Kier molecular flexibility index (Phi) is 3.63. The van der Waals surface area contributed by atoms with Gasteiger partial charge in [-0.15, -0.1) is 0 Å². The average Bonchev–Trinajstić information content (AvgIpc) is 3.05. The monoisotopic (exact) mass is 249 g/mol. The highest BCUT2D eigenvalue weighted by Crippen LogP contribution is 2.49. The summed E-state index contributed by atoms with van der Waals surface area (Å²) in [6, 6.07) is 0.570. The maximum absolute atomic E-state index is 12.5. The smallest absolute Gasteiger partial charge is 0.223 e. The molecule has 3 atom stereocenters. The zero-order valence-corrected chi connectivity index (χ0v) is 11.7. The number of rotatable bonds is 4. The minimum absolute atomic E-state index is 0.460. The normalized spacial score (nSPS) is 35.3. The molecule has 2 heteroatoms. The highest BCUT2D eigenvalue weighted by Gasteiger charge is 2.41. The van der Waals surface area contributed by atoms with Crippen LogP contribution in [0.1, 0.15) is 64.7 Å². The van der Waals surface area contributed by atoms with Crippen LogP contribution in [0, 0.1) is 17.8 Å². The van der Waals surface area contributed by atoms with Gasteiger partial charge in [0, 0.05) is 19.0 Å². The molecule has 0 spiro atoms. The van der Waals surface area contributed by atoms with Crippen molar-refractivity contribution in [2.75, 3.05) is 6.54 Å². The number of nitrogens with zero attached hydrogens (tertiary/aromatic N) is 1. The van der Waals surface area contributed by atoms with Gasteiger partial charge in [-0.3, -0.25) is 4.79 Å². The number of hydrogen-bond acceptors (Lipinski definition) is 1. The van der Waals surface area contributed by atoms with Crippen molar-refractivity contribution in [3.05, 3.63) is 0 Å². The van der Waals surface area contributed by atoms with Crippen LogP contribution in [0.2, 0.25) is 0 Å². The Hall–Kier alpha value is -0.530. The van der Waals surface area contributed by atoms with Gasteiger partial charge in [-0.1, -0.05) is 19.3 Å². The van der Waals surface area contributed by atoms with Crippen LogP contribution in [0.25, 0.3) is 0 Å². The van der Waals surface area contributed by atoms with Gasteiger partial charge < -0.3 is 4.90 Å². The molecule has 0 radical (unpaired) electrons. The third kappa shape index (κ3) is 2.31. The van der Waals surface area contributed by atoms with Crippen LogP contribution >= 0.6 is 0 Å². The van der Waals surface area contributed by atoms with Crippen molar-refractivity contribution in [1.29, 1.82) is 0 Å². The maximum atomic E-state index is 12.5. The summed E-state index contributed by atoms with van der Waals surface area (Å²) in [5.41, 5.74) is 0. The minimum Gasteiger partial charge on any atom is -0.340 e. The SMILES string of the molecule is CCN(C(=O)CC1CC2CCC1C2)C1CCCC1. The van der Waals surface area contributed by atoms with Crippen LogP contribution in [0.15, 0.2) is 0 Å². The topological polar surface area (TPSA) is 20.3 Å². The van der Waals surface area contributed by atoms with Gasteiger partial charge in [0.05, 0.1) is 0 Å². The van der Waals surface area contributed by atoms with Crippen molar-refractivity contribution >= 4 is 5.91 Å². The van der Waals surface area contributed by atoms with Crippen LogP contribution in [0.4, 0.5) is 0 Å². The lowest BCUT2D eigenvalue weighted by Gasteiger charge is -2.30. The third-order valence-electron chi connectivity index (χ3n) is 5.75. The maximum Gasteiger partial charge on any atom is 0.223 e. The molecule has 3 aliphatic rings.